The van der Waals surface area contributed by atoms with Crippen LogP contribution in [0.15, 0.2) is 30.3 Å². The van der Waals surface area contributed by atoms with Gasteiger partial charge in [0.2, 0.25) is 0 Å². The van der Waals surface area contributed by atoms with Crippen LogP contribution in [-0.2, 0) is 4.74 Å². The van der Waals surface area contributed by atoms with Crippen LogP contribution in [0, 0.1) is 0 Å². The van der Waals surface area contributed by atoms with Gasteiger partial charge >= 0.3 is 0 Å². The van der Waals surface area contributed by atoms with Gasteiger partial charge in [0.25, 0.3) is 0 Å². The van der Waals surface area contributed by atoms with E-state index in [4.69, 9.17) is 21.4 Å². The fourth-order valence-corrected chi connectivity index (χ4v) is 2.03. The number of rotatable bonds is 6. The first kappa shape index (κ1) is 13.2. The zero-order valence-electron chi connectivity index (χ0n) is 8.27. The van der Waals surface area contributed by atoms with Crippen LogP contribution in [0.4, 0.5) is 0 Å². The van der Waals surface area contributed by atoms with Crippen LogP contribution in [0.3, 0.4) is 0 Å². The average Bonchev–Trinajstić information content (AvgIpc) is 2.30. The number of hydrogen-bond donors (Lipinski definition) is 1. The number of hydrogen-bond acceptors (Lipinski definition) is 2. The number of alkyl halides is 2. The Balaban J connectivity index is 2.72. The Hall–Kier alpha value is 0.160. The first-order valence-corrected chi connectivity index (χ1v) is 6.55. The van der Waals surface area contributed by atoms with E-state index >= 15 is 0 Å². The molecule has 1 rings (SSSR count). The molecule has 15 heavy (non-hydrogen) atoms. The lowest BCUT2D eigenvalue weighted by molar-refractivity contribution is 0.0535. The summed E-state index contributed by atoms with van der Waals surface area (Å²) in [4.78, 5) is 0. The van der Waals surface area contributed by atoms with Crippen LogP contribution in [0.5, 0.6) is 0 Å². The van der Waals surface area contributed by atoms with Crippen molar-refractivity contribution in [3.63, 3.8) is 0 Å². The van der Waals surface area contributed by atoms with Crippen molar-refractivity contribution in [2.45, 2.75) is 10.0 Å². The third-order valence-electron chi connectivity index (χ3n) is 2.01. The maximum atomic E-state index is 9.15. The van der Waals surface area contributed by atoms with Crippen LogP contribution in [0.1, 0.15) is 11.7 Å². The Labute approximate surface area is 109 Å². The lowest BCUT2D eigenvalue weighted by Crippen LogP contribution is -2.20. The molecule has 0 bridgehead atoms. The van der Waals surface area contributed by atoms with E-state index in [1.54, 1.807) is 0 Å². The molecule has 0 aliphatic heterocycles. The Kier molecular flexibility index (Phi) is 6.56. The van der Waals surface area contributed by atoms with Crippen LogP contribution in [-0.4, -0.2) is 28.1 Å². The molecule has 0 amide bonds. The minimum Gasteiger partial charge on any atom is -0.395 e. The number of benzene rings is 1. The summed E-state index contributed by atoms with van der Waals surface area (Å²) in [5, 5.41) is 9.15. The molecule has 0 spiro atoms. The zero-order chi connectivity index (χ0) is 11.1. The van der Waals surface area contributed by atoms with Gasteiger partial charge < -0.3 is 9.84 Å². The minimum atomic E-state index is -0.0875. The van der Waals surface area contributed by atoms with Gasteiger partial charge in [-0.05, 0) is 5.56 Å². The van der Waals surface area contributed by atoms with Gasteiger partial charge in [-0.1, -0.05) is 52.9 Å². The van der Waals surface area contributed by atoms with Crippen LogP contribution in [0.25, 0.3) is 0 Å². The lowest BCUT2D eigenvalue weighted by atomic mass is 10.1. The number of halogens is 2. The van der Waals surface area contributed by atoms with E-state index in [1.807, 2.05) is 30.3 Å². The Morgan fingerprint density at radius 2 is 2.00 bits per heavy atom. The molecule has 1 N–H and O–H groups in total. The maximum Gasteiger partial charge on any atom is 0.0965 e. The zero-order valence-corrected chi connectivity index (χ0v) is 11.2. The third-order valence-corrected chi connectivity index (χ3v) is 3.21. The van der Waals surface area contributed by atoms with Crippen molar-refractivity contribution in [3.05, 3.63) is 35.9 Å². The Bertz CT molecular complexity index is 269. The molecule has 2 nitrogen and oxygen atoms in total. The largest absolute Gasteiger partial charge is 0.395 e. The van der Waals surface area contributed by atoms with Crippen molar-refractivity contribution >= 4 is 34.2 Å². The molecule has 0 saturated heterocycles. The molecule has 0 aliphatic carbocycles. The van der Waals surface area contributed by atoms with Gasteiger partial charge in [-0.15, -0.1) is 11.6 Å². The summed E-state index contributed by atoms with van der Waals surface area (Å²) in [5.74, 6) is 0.470. The molecule has 4 heteroatoms. The Morgan fingerprint density at radius 3 is 2.53 bits per heavy atom. The van der Waals surface area contributed by atoms with E-state index in [1.165, 1.54) is 0 Å². The van der Waals surface area contributed by atoms with Gasteiger partial charge in [0.1, 0.15) is 0 Å². The summed E-state index contributed by atoms with van der Waals surface area (Å²) in [6, 6.07) is 9.89. The Morgan fingerprint density at radius 1 is 1.33 bits per heavy atom. The molecule has 84 valence electrons. The normalized spacial score (nSPS) is 14.9. The van der Waals surface area contributed by atoms with Gasteiger partial charge in [-0.3, -0.25) is 0 Å². The van der Waals surface area contributed by atoms with Crippen LogP contribution < -0.4 is 0 Å². The lowest BCUT2D eigenvalue weighted by Gasteiger charge is -2.21. The fraction of sp³-hybridized carbons (Fsp3) is 0.455. The van der Waals surface area contributed by atoms with Gasteiger partial charge in [0.15, 0.2) is 0 Å². The predicted molar refractivity (Wildman–Crippen MR) is 70.7 cm³/mol. The summed E-state index contributed by atoms with van der Waals surface area (Å²) < 4.78 is 5.68. The molecule has 0 saturated carbocycles. The molecule has 2 atom stereocenters. The summed E-state index contributed by atoms with van der Waals surface area (Å²) in [5.41, 5.74) is 1.08. The third kappa shape index (κ3) is 4.26. The first-order valence-electron chi connectivity index (χ1n) is 4.77. The van der Waals surface area contributed by atoms with E-state index in [0.29, 0.717) is 12.5 Å². The topological polar surface area (TPSA) is 29.5 Å². The molecule has 0 aromatic heterocycles. The van der Waals surface area contributed by atoms with E-state index in [-0.39, 0.29) is 16.6 Å². The van der Waals surface area contributed by atoms with Crippen LogP contribution in [0.2, 0.25) is 0 Å². The smallest absolute Gasteiger partial charge is 0.0965 e. The molecule has 1 aromatic carbocycles. The monoisotopic (exact) mass is 340 g/mol. The van der Waals surface area contributed by atoms with Crippen molar-refractivity contribution in [1.82, 2.24) is 0 Å². The van der Waals surface area contributed by atoms with E-state index < -0.39 is 0 Å². The molecule has 0 heterocycles. The van der Waals surface area contributed by atoms with Crippen LogP contribution >= 0.6 is 34.2 Å². The second-order valence-corrected chi connectivity index (χ2v) is 5.07. The van der Waals surface area contributed by atoms with E-state index in [0.717, 1.165) is 5.56 Å². The van der Waals surface area contributed by atoms with Gasteiger partial charge in [0.05, 0.1) is 23.2 Å². The number of aliphatic hydroxyl groups is 1. The first-order chi connectivity index (χ1) is 7.29. The molecule has 0 fully saturated rings. The molecule has 0 radical (unpaired) electrons. The number of aliphatic hydroxyl groups excluding tert-OH is 1. The molecule has 0 unspecified atom stereocenters. The van der Waals surface area contributed by atoms with E-state index in [9.17, 15) is 0 Å². The van der Waals surface area contributed by atoms with Crippen molar-refractivity contribution in [3.8, 4) is 0 Å². The van der Waals surface area contributed by atoms with Gasteiger partial charge in [-0.25, -0.2) is 0 Å². The van der Waals surface area contributed by atoms with Crippen molar-refractivity contribution < 1.29 is 9.84 Å². The second-order valence-electron chi connectivity index (χ2n) is 3.09. The quantitative estimate of drug-likeness (QED) is 0.637. The highest BCUT2D eigenvalue weighted by molar-refractivity contribution is 14.1. The average molecular weight is 341 g/mol. The number of ether oxygens (including phenoxy) is 1. The molecular weight excluding hydrogens is 326 g/mol. The van der Waals surface area contributed by atoms with Gasteiger partial charge in [0, 0.05) is 5.88 Å². The van der Waals surface area contributed by atoms with E-state index in [2.05, 4.69) is 22.6 Å². The minimum absolute atomic E-state index is 0.0493. The predicted octanol–water partition coefficient (Wildman–Crippen LogP) is 2.78. The fourth-order valence-electron chi connectivity index (χ4n) is 1.32. The highest BCUT2D eigenvalue weighted by Gasteiger charge is 2.20. The summed E-state index contributed by atoms with van der Waals surface area (Å²) in [6.45, 7) is 0.600. The van der Waals surface area contributed by atoms with Crippen molar-refractivity contribution in [2.75, 3.05) is 19.1 Å². The SMILES string of the molecule is OC[C@@H](I)[C@@H](OCCCl)c1ccccc1. The van der Waals surface area contributed by atoms with Crippen molar-refractivity contribution in [2.24, 2.45) is 0 Å². The molecule has 1 aromatic rings. The standard InChI is InChI=1S/C11H14ClIO2/c12-6-7-15-11(10(13)8-14)9-4-2-1-3-5-9/h1-5,10-11,14H,6-8H2/t10-,11+/m1/s1. The molecule has 0 aliphatic rings. The van der Waals surface area contributed by atoms with Crippen molar-refractivity contribution in [1.29, 1.82) is 0 Å². The second kappa shape index (κ2) is 7.44. The highest BCUT2D eigenvalue weighted by Crippen LogP contribution is 2.26. The molecular formula is C11H14ClIO2. The summed E-state index contributed by atoms with van der Waals surface area (Å²) >= 11 is 7.78. The summed E-state index contributed by atoms with van der Waals surface area (Å²) in [6.07, 6.45) is -0.0875. The van der Waals surface area contributed by atoms with Gasteiger partial charge in [-0.2, -0.15) is 0 Å². The highest BCUT2D eigenvalue weighted by atomic mass is 127. The summed E-state index contributed by atoms with van der Waals surface area (Å²) in [7, 11) is 0. The maximum absolute atomic E-state index is 9.15.